The lowest BCUT2D eigenvalue weighted by Crippen LogP contribution is -2.31. The Balaban J connectivity index is 2.89. The molecule has 0 N–H and O–H groups in total. The third kappa shape index (κ3) is 4.03. The van der Waals surface area contributed by atoms with Gasteiger partial charge in [0.05, 0.1) is 23.2 Å². The first kappa shape index (κ1) is 15.6. The Kier molecular flexibility index (Phi) is 5.48. The largest absolute Gasteiger partial charge is 0.377 e. The molecule has 19 heavy (non-hydrogen) atoms. The number of nitriles is 1. The number of benzene rings is 1. The van der Waals surface area contributed by atoms with E-state index >= 15 is 0 Å². The fourth-order valence-corrected chi connectivity index (χ4v) is 2.78. The maximum Gasteiger partial charge on any atom is 0.244 e. The minimum atomic E-state index is -3.65. The van der Waals surface area contributed by atoms with Crippen molar-refractivity contribution in [3.63, 3.8) is 0 Å². The predicted octanol–water partition coefficient (Wildman–Crippen LogP) is 1.60. The Bertz CT molecular complexity index is 561. The molecule has 5 nitrogen and oxygen atoms in total. The van der Waals surface area contributed by atoms with Crippen molar-refractivity contribution >= 4 is 10.0 Å². The molecule has 0 fully saturated rings. The fraction of sp³-hybridized carbons (Fsp3) is 0.462. The summed E-state index contributed by atoms with van der Waals surface area (Å²) < 4.78 is 31.1. The van der Waals surface area contributed by atoms with Crippen LogP contribution in [0.4, 0.5) is 0 Å². The zero-order chi connectivity index (χ0) is 14.5. The first-order valence-corrected chi connectivity index (χ1v) is 7.40. The molecule has 6 heteroatoms. The van der Waals surface area contributed by atoms with Crippen LogP contribution in [0.15, 0.2) is 29.2 Å². The molecule has 0 aliphatic heterocycles. The molecule has 0 aromatic heterocycles. The van der Waals surface area contributed by atoms with Crippen molar-refractivity contribution in [1.82, 2.24) is 4.31 Å². The standard InChI is InChI=1S/C13H18N2O3S/c1-11(2)18-9-8-15(3)19(16,17)13-7-5-4-6-12(13)10-14/h4-7,11H,8-9H2,1-3H3. The van der Waals surface area contributed by atoms with Crippen molar-refractivity contribution in [3.8, 4) is 6.07 Å². The maximum absolute atomic E-state index is 12.3. The second-order valence-electron chi connectivity index (χ2n) is 4.35. The first-order valence-electron chi connectivity index (χ1n) is 5.96. The molecule has 0 amide bonds. The highest BCUT2D eigenvalue weighted by Gasteiger charge is 2.23. The molecule has 0 heterocycles. The number of ether oxygens (including phenoxy) is 1. The quantitative estimate of drug-likeness (QED) is 0.794. The van der Waals surface area contributed by atoms with Crippen LogP contribution in [0.2, 0.25) is 0 Å². The molecule has 1 rings (SSSR count). The van der Waals surface area contributed by atoms with Gasteiger partial charge in [0.15, 0.2) is 0 Å². The van der Waals surface area contributed by atoms with E-state index in [1.807, 2.05) is 19.9 Å². The van der Waals surface area contributed by atoms with E-state index in [-0.39, 0.29) is 23.1 Å². The molecule has 0 unspecified atom stereocenters. The van der Waals surface area contributed by atoms with E-state index in [2.05, 4.69) is 0 Å². The molecular formula is C13H18N2O3S. The Labute approximate surface area is 114 Å². The number of hydrogen-bond acceptors (Lipinski definition) is 4. The van der Waals surface area contributed by atoms with Crippen LogP contribution in [-0.2, 0) is 14.8 Å². The van der Waals surface area contributed by atoms with Crippen molar-refractivity contribution < 1.29 is 13.2 Å². The number of sulfonamides is 1. The lowest BCUT2D eigenvalue weighted by molar-refractivity contribution is 0.0737. The second-order valence-corrected chi connectivity index (χ2v) is 6.37. The van der Waals surface area contributed by atoms with Gasteiger partial charge >= 0.3 is 0 Å². The van der Waals surface area contributed by atoms with Gasteiger partial charge in [-0.3, -0.25) is 0 Å². The molecule has 0 radical (unpaired) electrons. The summed E-state index contributed by atoms with van der Waals surface area (Å²) in [5.41, 5.74) is 0.152. The van der Waals surface area contributed by atoms with E-state index in [0.717, 1.165) is 0 Å². The van der Waals surface area contributed by atoms with Gasteiger partial charge in [-0.1, -0.05) is 12.1 Å². The number of nitrogens with zero attached hydrogens (tertiary/aromatic N) is 2. The van der Waals surface area contributed by atoms with Crippen molar-refractivity contribution in [2.75, 3.05) is 20.2 Å². The topological polar surface area (TPSA) is 70.4 Å². The van der Waals surface area contributed by atoms with Crippen LogP contribution in [-0.4, -0.2) is 39.0 Å². The smallest absolute Gasteiger partial charge is 0.244 e. The summed E-state index contributed by atoms with van der Waals surface area (Å²) in [6, 6.07) is 8.07. The van der Waals surface area contributed by atoms with Gasteiger partial charge in [0.1, 0.15) is 6.07 Å². The van der Waals surface area contributed by atoms with E-state index in [1.54, 1.807) is 12.1 Å². The van der Waals surface area contributed by atoms with Crippen molar-refractivity contribution in [3.05, 3.63) is 29.8 Å². The van der Waals surface area contributed by atoms with Gasteiger partial charge in [-0.15, -0.1) is 0 Å². The molecule has 0 spiro atoms. The van der Waals surface area contributed by atoms with E-state index in [4.69, 9.17) is 10.00 Å². The van der Waals surface area contributed by atoms with E-state index < -0.39 is 10.0 Å². The number of hydrogen-bond donors (Lipinski definition) is 0. The lowest BCUT2D eigenvalue weighted by atomic mass is 10.2. The van der Waals surface area contributed by atoms with Crippen molar-refractivity contribution in [2.45, 2.75) is 24.8 Å². The van der Waals surface area contributed by atoms with Gasteiger partial charge in [0.2, 0.25) is 10.0 Å². The molecule has 0 saturated heterocycles. The average Bonchev–Trinajstić information content (AvgIpc) is 2.38. The molecule has 0 bridgehead atoms. The van der Waals surface area contributed by atoms with Crippen LogP contribution in [0.3, 0.4) is 0 Å². The van der Waals surface area contributed by atoms with E-state index in [0.29, 0.717) is 6.61 Å². The van der Waals surface area contributed by atoms with Gasteiger partial charge in [0, 0.05) is 13.6 Å². The van der Waals surface area contributed by atoms with Gasteiger partial charge in [0.25, 0.3) is 0 Å². The zero-order valence-corrected chi connectivity index (χ0v) is 12.1. The van der Waals surface area contributed by atoms with Crippen LogP contribution in [0, 0.1) is 11.3 Å². The Morgan fingerprint density at radius 1 is 1.37 bits per heavy atom. The van der Waals surface area contributed by atoms with Crippen LogP contribution < -0.4 is 0 Å². The third-order valence-corrected chi connectivity index (χ3v) is 4.47. The third-order valence-electron chi connectivity index (χ3n) is 2.55. The molecular weight excluding hydrogens is 264 g/mol. The molecule has 1 aromatic carbocycles. The summed E-state index contributed by atoms with van der Waals surface area (Å²) in [7, 11) is -2.17. The molecule has 104 valence electrons. The van der Waals surface area contributed by atoms with Gasteiger partial charge in [-0.25, -0.2) is 8.42 Å². The molecule has 0 atom stereocenters. The van der Waals surface area contributed by atoms with E-state index in [1.165, 1.54) is 23.5 Å². The summed E-state index contributed by atoms with van der Waals surface area (Å²) in [5.74, 6) is 0. The van der Waals surface area contributed by atoms with Crippen molar-refractivity contribution in [1.29, 1.82) is 5.26 Å². The summed E-state index contributed by atoms with van der Waals surface area (Å²) in [6.07, 6.45) is 0.0579. The summed E-state index contributed by atoms with van der Waals surface area (Å²) in [6.45, 7) is 4.35. The van der Waals surface area contributed by atoms with Crippen LogP contribution >= 0.6 is 0 Å². The van der Waals surface area contributed by atoms with Gasteiger partial charge in [-0.05, 0) is 26.0 Å². The van der Waals surface area contributed by atoms with Crippen LogP contribution in [0.1, 0.15) is 19.4 Å². The van der Waals surface area contributed by atoms with Gasteiger partial charge in [-0.2, -0.15) is 9.57 Å². The monoisotopic (exact) mass is 282 g/mol. The highest BCUT2D eigenvalue weighted by Crippen LogP contribution is 2.18. The molecule has 0 aliphatic rings. The SMILES string of the molecule is CC(C)OCCN(C)S(=O)(=O)c1ccccc1C#N. The Morgan fingerprint density at radius 3 is 2.58 bits per heavy atom. The van der Waals surface area contributed by atoms with E-state index in [9.17, 15) is 8.42 Å². The minimum absolute atomic E-state index is 0.0320. The molecule has 1 aromatic rings. The lowest BCUT2D eigenvalue weighted by Gasteiger charge is -2.18. The number of rotatable bonds is 6. The Morgan fingerprint density at radius 2 is 2.00 bits per heavy atom. The highest BCUT2D eigenvalue weighted by atomic mass is 32.2. The summed E-state index contributed by atoms with van der Waals surface area (Å²) in [4.78, 5) is 0.0320. The normalized spacial score (nSPS) is 11.8. The number of likely N-dealkylation sites (N-methyl/N-ethyl adjacent to an activating group) is 1. The minimum Gasteiger partial charge on any atom is -0.377 e. The van der Waals surface area contributed by atoms with Crippen LogP contribution in [0.25, 0.3) is 0 Å². The van der Waals surface area contributed by atoms with Gasteiger partial charge < -0.3 is 4.74 Å². The van der Waals surface area contributed by atoms with Crippen molar-refractivity contribution in [2.24, 2.45) is 0 Å². The second kappa shape index (κ2) is 6.66. The molecule has 0 saturated carbocycles. The fourth-order valence-electron chi connectivity index (χ4n) is 1.49. The zero-order valence-electron chi connectivity index (χ0n) is 11.3. The highest BCUT2D eigenvalue weighted by molar-refractivity contribution is 7.89. The maximum atomic E-state index is 12.3. The van der Waals surface area contributed by atoms with Crippen LogP contribution in [0.5, 0.6) is 0 Å². The first-order chi connectivity index (χ1) is 8.89. The average molecular weight is 282 g/mol. The summed E-state index contributed by atoms with van der Waals surface area (Å²) >= 11 is 0. The molecule has 0 aliphatic carbocycles. The Hall–Kier alpha value is -1.42. The predicted molar refractivity (Wildman–Crippen MR) is 72.1 cm³/mol. The summed E-state index contributed by atoms with van der Waals surface area (Å²) in [5, 5.41) is 8.95.